The largest absolute Gasteiger partial charge is 0.308 e. The Morgan fingerprint density at radius 1 is 0.196 bits per heavy atom. The van der Waals surface area contributed by atoms with E-state index in [9.17, 15) is 0 Å². The fraction of sp³-hybridized carbons (Fsp3) is 0. The monoisotopic (exact) mass is 1290 g/mol. The van der Waals surface area contributed by atoms with Crippen molar-refractivity contribution in [1.82, 2.24) is 37.9 Å². The van der Waals surface area contributed by atoms with E-state index in [-0.39, 0.29) is 0 Å². The first-order valence-electron chi connectivity index (χ1n) is 34.9. The fourth-order valence-electron chi connectivity index (χ4n) is 18.1. The second kappa shape index (κ2) is 19.9. The van der Waals surface area contributed by atoms with Crippen molar-refractivity contribution in [3.8, 4) is 56.7 Å². The van der Waals surface area contributed by atoms with Crippen LogP contribution in [0.2, 0.25) is 0 Å². The van der Waals surface area contributed by atoms with Gasteiger partial charge in [0.25, 0.3) is 0 Å². The first-order chi connectivity index (χ1) is 50.6. The molecule has 0 saturated heterocycles. The molecule has 8 heteroatoms. The van der Waals surface area contributed by atoms with Crippen LogP contribution in [0.5, 0.6) is 0 Å². The third kappa shape index (κ3) is 7.18. The van der Waals surface area contributed by atoms with Crippen molar-refractivity contribution >= 4 is 174 Å². The first-order valence-corrected chi connectivity index (χ1v) is 34.9. The van der Waals surface area contributed by atoms with Gasteiger partial charge in [-0.2, -0.15) is 0 Å². The van der Waals surface area contributed by atoms with E-state index in [1.165, 1.54) is 114 Å². The maximum Gasteiger partial charge on any atom is 0.162 e. The van der Waals surface area contributed by atoms with Gasteiger partial charge in [-0.05, 0) is 146 Å². The van der Waals surface area contributed by atoms with E-state index >= 15 is 0 Å². The molecular weight excluding hydrogens is 1240 g/mol. The third-order valence-electron chi connectivity index (χ3n) is 22.3. The number of hydrogen-bond donors (Lipinski definition) is 0. The summed E-state index contributed by atoms with van der Waals surface area (Å²) in [5.41, 5.74) is 19.8. The Morgan fingerprint density at radius 2 is 0.637 bits per heavy atom. The number of fused-ring (bicyclic) bond motifs is 27. The number of aromatic nitrogens is 8. The van der Waals surface area contributed by atoms with E-state index in [0.29, 0.717) is 11.6 Å². The Kier molecular flexibility index (Phi) is 10.6. The zero-order chi connectivity index (χ0) is 66.2. The summed E-state index contributed by atoms with van der Waals surface area (Å²) < 4.78 is 9.89. The predicted octanol–water partition coefficient (Wildman–Crippen LogP) is 24.2. The van der Waals surface area contributed by atoms with Gasteiger partial charge in [-0.1, -0.05) is 224 Å². The summed E-state index contributed by atoms with van der Waals surface area (Å²) in [6.07, 6.45) is 0. The third-order valence-corrected chi connectivity index (χ3v) is 22.3. The van der Waals surface area contributed by atoms with Gasteiger partial charge in [0.1, 0.15) is 11.6 Å². The molecule has 0 aliphatic carbocycles. The minimum absolute atomic E-state index is 0.671. The van der Waals surface area contributed by atoms with Gasteiger partial charge >= 0.3 is 0 Å². The lowest BCUT2D eigenvalue weighted by Crippen LogP contribution is -2.03. The van der Waals surface area contributed by atoms with E-state index in [1.54, 1.807) is 0 Å². The van der Waals surface area contributed by atoms with Crippen molar-refractivity contribution < 1.29 is 0 Å². The van der Waals surface area contributed by atoms with Gasteiger partial charge in [-0.3, -0.25) is 9.13 Å². The summed E-state index contributed by atoms with van der Waals surface area (Å²) >= 11 is 0. The molecule has 0 spiro atoms. The molecule has 0 amide bonds. The standard InChI is InChI=1S/C94H52N8/c1-2-20-53(21-3-1)56-24-18-26-60(49-56)91-95-73-35-13-8-31-67(73)93(97-91)101-80-47-42-55-23-5-7-28-63(55)84(80)88-82(101)52-71-65-30-11-16-38-76(65)100-78-45-43-58(50-72(78)86(88)90(71)100)57-40-44-61-59(48-57)25-19-34-66(61)92-96-74-36-14-9-32-68(74)94(98-92)102-79-46-41-54-22-4-6-27-62(54)83(79)87-81(102)51-70-64-29-10-15-37-75(64)99-77-39-17-12-33-69(77)85(87)89(70)99/h1-52H. The van der Waals surface area contributed by atoms with Gasteiger partial charge in [-0.15, -0.1) is 0 Å². The van der Waals surface area contributed by atoms with Gasteiger partial charge < -0.3 is 8.80 Å². The summed E-state index contributed by atoms with van der Waals surface area (Å²) in [7, 11) is 0. The summed E-state index contributed by atoms with van der Waals surface area (Å²) in [6, 6.07) is 115. The molecule has 0 radical (unpaired) electrons. The van der Waals surface area contributed by atoms with Crippen LogP contribution < -0.4 is 0 Å². The van der Waals surface area contributed by atoms with E-state index in [1.807, 2.05) is 0 Å². The number of benzene rings is 16. The van der Waals surface area contributed by atoms with Crippen LogP contribution in [0.4, 0.5) is 0 Å². The SMILES string of the molecule is c1ccc(-c2cccc(-c3nc(-n4c5ccc6ccccc6c5c5c6c7cc(-c8ccc9c(-c%10nc(-n%11c%12ccc%13ccccc%13c%12c%12c%13c%14ccccc%14n%14c%15ccccc%15c(cc%12%11)c%13%14)c%11ccccc%11n%10)cccc9c8)ccc7n7c8ccccc8c(cc54)c67)c4ccccc4n3)c2)cc1. The summed E-state index contributed by atoms with van der Waals surface area (Å²) in [5, 5.41) is 23.5. The Bertz CT molecular complexity index is 7820. The molecule has 8 aromatic heterocycles. The molecule has 8 heterocycles. The minimum atomic E-state index is 0.671. The molecule has 0 bridgehead atoms. The van der Waals surface area contributed by atoms with Crippen LogP contribution in [0.3, 0.4) is 0 Å². The van der Waals surface area contributed by atoms with Crippen molar-refractivity contribution in [2.45, 2.75) is 0 Å². The molecular formula is C94H52N8. The van der Waals surface area contributed by atoms with Crippen LogP contribution in [0.25, 0.3) is 231 Å². The zero-order valence-electron chi connectivity index (χ0n) is 54.6. The van der Waals surface area contributed by atoms with Crippen LogP contribution in [0.1, 0.15) is 0 Å². The molecule has 24 rings (SSSR count). The molecule has 0 saturated carbocycles. The molecule has 468 valence electrons. The zero-order valence-corrected chi connectivity index (χ0v) is 54.6. The average molecular weight is 1290 g/mol. The molecule has 102 heavy (non-hydrogen) atoms. The Labute approximate surface area is 580 Å². The lowest BCUT2D eigenvalue weighted by atomic mass is 9.95. The van der Waals surface area contributed by atoms with Crippen molar-refractivity contribution in [1.29, 1.82) is 0 Å². The van der Waals surface area contributed by atoms with Crippen LogP contribution in [-0.4, -0.2) is 37.9 Å². The lowest BCUT2D eigenvalue weighted by molar-refractivity contribution is 1.08. The van der Waals surface area contributed by atoms with Gasteiger partial charge in [0.15, 0.2) is 11.6 Å². The normalized spacial score (nSPS) is 12.5. The Balaban J connectivity index is 0.723. The first kappa shape index (κ1) is 54.2. The van der Waals surface area contributed by atoms with Gasteiger partial charge in [-0.25, -0.2) is 19.9 Å². The maximum absolute atomic E-state index is 5.83. The smallest absolute Gasteiger partial charge is 0.162 e. The topological polar surface area (TPSA) is 70.2 Å². The van der Waals surface area contributed by atoms with E-state index < -0.39 is 0 Å². The van der Waals surface area contributed by atoms with Crippen molar-refractivity contribution in [3.05, 3.63) is 315 Å². The van der Waals surface area contributed by atoms with Crippen LogP contribution in [-0.2, 0) is 0 Å². The summed E-state index contributed by atoms with van der Waals surface area (Å²) in [4.78, 5) is 22.4. The Morgan fingerprint density at radius 3 is 1.27 bits per heavy atom. The quantitative estimate of drug-likeness (QED) is 0.166. The molecule has 0 fully saturated rings. The lowest BCUT2D eigenvalue weighted by Gasteiger charge is -2.14. The number of rotatable bonds is 6. The highest BCUT2D eigenvalue weighted by molar-refractivity contribution is 6.40. The molecule has 16 aromatic carbocycles. The molecule has 0 N–H and O–H groups in total. The molecule has 0 unspecified atom stereocenters. The van der Waals surface area contributed by atoms with Crippen molar-refractivity contribution in [2.75, 3.05) is 0 Å². The van der Waals surface area contributed by atoms with Gasteiger partial charge in [0.05, 0.1) is 66.2 Å². The van der Waals surface area contributed by atoms with Gasteiger partial charge in [0, 0.05) is 86.5 Å². The van der Waals surface area contributed by atoms with Crippen LogP contribution in [0.15, 0.2) is 315 Å². The highest BCUT2D eigenvalue weighted by atomic mass is 15.1. The molecule has 8 nitrogen and oxygen atoms in total. The maximum atomic E-state index is 5.83. The van der Waals surface area contributed by atoms with E-state index in [2.05, 4.69) is 333 Å². The van der Waals surface area contributed by atoms with Crippen molar-refractivity contribution in [2.24, 2.45) is 0 Å². The molecule has 24 aromatic rings. The number of hydrogen-bond acceptors (Lipinski definition) is 4. The Hall–Kier alpha value is -13.8. The number of para-hydroxylation sites is 5. The predicted molar refractivity (Wildman–Crippen MR) is 425 cm³/mol. The summed E-state index contributed by atoms with van der Waals surface area (Å²) in [5.74, 6) is 3.03. The summed E-state index contributed by atoms with van der Waals surface area (Å²) in [6.45, 7) is 0. The fourth-order valence-corrected chi connectivity index (χ4v) is 18.1. The second-order valence-corrected chi connectivity index (χ2v) is 27.5. The minimum Gasteiger partial charge on any atom is -0.308 e. The van der Waals surface area contributed by atoms with E-state index in [0.717, 1.165) is 105 Å². The second-order valence-electron chi connectivity index (χ2n) is 27.5. The van der Waals surface area contributed by atoms with Gasteiger partial charge in [0.2, 0.25) is 0 Å². The van der Waals surface area contributed by atoms with E-state index in [4.69, 9.17) is 19.9 Å². The number of nitrogens with zero attached hydrogens (tertiary/aromatic N) is 8. The average Bonchev–Trinajstić information content (AvgIpc) is 1.52. The highest BCUT2D eigenvalue weighted by Crippen LogP contribution is 2.52. The highest BCUT2D eigenvalue weighted by Gasteiger charge is 2.30. The van der Waals surface area contributed by atoms with Crippen molar-refractivity contribution in [3.63, 3.8) is 0 Å². The van der Waals surface area contributed by atoms with Crippen LogP contribution in [0, 0.1) is 0 Å². The molecule has 0 aliphatic heterocycles. The molecule has 0 aliphatic rings. The molecule has 0 atom stereocenters. The van der Waals surface area contributed by atoms with Crippen LogP contribution >= 0.6 is 0 Å².